The first-order valence-electron chi connectivity index (χ1n) is 21.4. The predicted molar refractivity (Wildman–Crippen MR) is 216 cm³/mol. The summed E-state index contributed by atoms with van der Waals surface area (Å²) in [5.41, 5.74) is 3.78. The zero-order valence-corrected chi connectivity index (χ0v) is 32.6. The van der Waals surface area contributed by atoms with Gasteiger partial charge in [-0.3, -0.25) is 19.8 Å². The normalized spacial score (nSPS) is 28.7. The van der Waals surface area contributed by atoms with Crippen LogP contribution in [0.5, 0.6) is 11.5 Å². The number of rotatable bonds is 17. The molecule has 0 saturated carbocycles. The topological polar surface area (TPSA) is 91.2 Å². The molecule has 2 aromatic carbocycles. The van der Waals surface area contributed by atoms with E-state index in [0.717, 1.165) is 133 Å². The Bertz CT molecular complexity index is 1720. The Balaban J connectivity index is 0.758. The summed E-state index contributed by atoms with van der Waals surface area (Å²) in [6.45, 7) is 10.4. The zero-order chi connectivity index (χ0) is 37.0. The summed E-state index contributed by atoms with van der Waals surface area (Å²) in [6.07, 6.45) is 16.5. The van der Waals surface area contributed by atoms with E-state index in [1.807, 2.05) is 48.8 Å². The third-order valence-corrected chi connectivity index (χ3v) is 13.9. The molecule has 2 aromatic heterocycles. The molecule has 290 valence electrons. The van der Waals surface area contributed by atoms with E-state index in [0.29, 0.717) is 13.2 Å². The van der Waals surface area contributed by atoms with E-state index >= 15 is 0 Å². The second-order valence-electron chi connectivity index (χ2n) is 16.9. The van der Waals surface area contributed by atoms with Crippen LogP contribution < -0.4 is 9.47 Å². The number of hydrogen-bond donors (Lipinski definition) is 2. The molecule has 4 aromatic rings. The highest BCUT2D eigenvalue weighted by atomic mass is 16.5. The first-order valence-corrected chi connectivity index (χ1v) is 21.4. The number of hydrogen-bond acceptors (Lipinski definition) is 8. The summed E-state index contributed by atoms with van der Waals surface area (Å²) in [5, 5.41) is 25.3. The third-order valence-electron chi connectivity index (χ3n) is 13.9. The van der Waals surface area contributed by atoms with Gasteiger partial charge in [0.05, 0.1) is 36.5 Å². The Morgan fingerprint density at radius 2 is 1.07 bits per heavy atom. The highest BCUT2D eigenvalue weighted by molar-refractivity contribution is 5.84. The van der Waals surface area contributed by atoms with E-state index in [4.69, 9.17) is 9.47 Å². The molecule has 6 aliphatic heterocycles. The quantitative estimate of drug-likeness (QED) is 0.104. The maximum absolute atomic E-state index is 11.6. The van der Waals surface area contributed by atoms with Crippen LogP contribution in [0.1, 0.15) is 114 Å². The van der Waals surface area contributed by atoms with Gasteiger partial charge in [0.1, 0.15) is 11.5 Å². The largest absolute Gasteiger partial charge is 0.494 e. The second kappa shape index (κ2) is 17.2. The number of aliphatic hydroxyl groups excluding tert-OH is 2. The van der Waals surface area contributed by atoms with Crippen molar-refractivity contribution in [3.8, 4) is 11.5 Å². The number of fused-ring (bicyclic) bond motifs is 8. The minimum absolute atomic E-state index is 0.186. The molecule has 6 saturated heterocycles. The molecule has 0 aliphatic carbocycles. The molecule has 0 amide bonds. The van der Waals surface area contributed by atoms with Crippen molar-refractivity contribution in [1.29, 1.82) is 0 Å². The summed E-state index contributed by atoms with van der Waals surface area (Å²) >= 11 is 0. The number of unbranched alkanes of at least 4 members (excludes halogenated alkanes) is 5. The molecule has 6 fully saturated rings. The van der Waals surface area contributed by atoms with Gasteiger partial charge in [-0.2, -0.15) is 0 Å². The molecular formula is C46H62N4O4. The monoisotopic (exact) mass is 734 g/mol. The lowest BCUT2D eigenvalue weighted by molar-refractivity contribution is -0.0562. The van der Waals surface area contributed by atoms with E-state index in [-0.39, 0.29) is 12.1 Å². The first-order chi connectivity index (χ1) is 26.5. The predicted octanol–water partition coefficient (Wildman–Crippen LogP) is 8.89. The van der Waals surface area contributed by atoms with Crippen LogP contribution in [-0.4, -0.2) is 81.5 Å². The summed E-state index contributed by atoms with van der Waals surface area (Å²) in [5.74, 6) is 4.72. The van der Waals surface area contributed by atoms with Crippen LogP contribution in [0.4, 0.5) is 0 Å². The summed E-state index contributed by atoms with van der Waals surface area (Å²) in [7, 11) is 0. The van der Waals surface area contributed by atoms with Gasteiger partial charge in [0.25, 0.3) is 0 Å². The van der Waals surface area contributed by atoms with Gasteiger partial charge in [-0.15, -0.1) is 0 Å². The average molecular weight is 735 g/mol. The van der Waals surface area contributed by atoms with Gasteiger partial charge in [-0.05, 0) is 135 Å². The van der Waals surface area contributed by atoms with Crippen LogP contribution in [0.3, 0.4) is 0 Å². The summed E-state index contributed by atoms with van der Waals surface area (Å²) in [4.78, 5) is 14.3. The van der Waals surface area contributed by atoms with Gasteiger partial charge in [-0.1, -0.05) is 52.4 Å². The number of ether oxygens (including phenoxy) is 2. The first kappa shape index (κ1) is 37.6. The maximum Gasteiger partial charge on any atom is 0.120 e. The van der Waals surface area contributed by atoms with Gasteiger partial charge in [-0.25, -0.2) is 0 Å². The van der Waals surface area contributed by atoms with E-state index in [1.54, 1.807) is 0 Å². The van der Waals surface area contributed by atoms with E-state index < -0.39 is 12.2 Å². The Morgan fingerprint density at radius 1 is 0.630 bits per heavy atom. The van der Waals surface area contributed by atoms with Crippen molar-refractivity contribution in [3.63, 3.8) is 0 Å². The van der Waals surface area contributed by atoms with Crippen LogP contribution in [0.15, 0.2) is 60.9 Å². The highest BCUT2D eigenvalue weighted by Crippen LogP contribution is 2.44. The molecule has 0 spiro atoms. The number of aliphatic hydroxyl groups is 2. The fourth-order valence-corrected chi connectivity index (χ4v) is 10.6. The van der Waals surface area contributed by atoms with Crippen LogP contribution in [0.2, 0.25) is 0 Å². The van der Waals surface area contributed by atoms with Crippen molar-refractivity contribution in [2.45, 2.75) is 115 Å². The molecule has 4 unspecified atom stereocenters. The van der Waals surface area contributed by atoms with E-state index in [9.17, 15) is 10.2 Å². The SMILES string of the molecule is CC[C@@H]1CN2CC[C@@H]1C[C@@H]2C(O)c1ccnc2ccc(OCCCCCCCCOc3ccc4nccc(C(O)[C@H]5C[C@@H]6CCN5C[C@@H]6CC)c4c3)cc12. The number of piperidine rings is 6. The van der Waals surface area contributed by atoms with Crippen molar-refractivity contribution in [3.05, 3.63) is 72.1 Å². The third kappa shape index (κ3) is 8.00. The van der Waals surface area contributed by atoms with Gasteiger partial charge >= 0.3 is 0 Å². The molecule has 10 atom stereocenters. The molecule has 0 radical (unpaired) electrons. The smallest absolute Gasteiger partial charge is 0.120 e. The highest BCUT2D eigenvalue weighted by Gasteiger charge is 2.44. The Kier molecular flexibility index (Phi) is 12.0. The number of nitrogens with zero attached hydrogens (tertiary/aromatic N) is 4. The van der Waals surface area contributed by atoms with Crippen molar-refractivity contribution < 1.29 is 19.7 Å². The van der Waals surface area contributed by atoms with E-state index in [1.165, 1.54) is 38.5 Å². The molecule has 8 heteroatoms. The minimum atomic E-state index is -0.512. The number of benzene rings is 2. The molecule has 6 aliphatic rings. The maximum atomic E-state index is 11.6. The second-order valence-corrected chi connectivity index (χ2v) is 16.9. The molecule has 10 rings (SSSR count). The lowest BCUT2D eigenvalue weighted by atomic mass is 9.72. The fraction of sp³-hybridized carbons (Fsp3) is 0.609. The standard InChI is InChI=1S/C46H62N4O4/c1-3-31-29-49-21-17-33(31)25-43(49)45(51)37-15-19-47-41-13-11-35(27-39(37)41)53-23-9-7-5-6-8-10-24-54-36-12-14-42-40(28-36)38(16-20-48-42)46(52)44-26-34-18-22-50(44)30-32(34)4-2/h11-16,19-20,27-28,31-34,43-46,51-52H,3-10,17-18,21-26,29-30H2,1-2H3/t31-,32+,33-,34+,43-,44-,45?,46?/m1/s1. The summed E-state index contributed by atoms with van der Waals surface area (Å²) < 4.78 is 12.4. The van der Waals surface area contributed by atoms with Crippen molar-refractivity contribution in [2.24, 2.45) is 23.7 Å². The number of aromatic nitrogens is 2. The molecule has 4 bridgehead atoms. The number of pyridine rings is 2. The van der Waals surface area contributed by atoms with Gasteiger partial charge in [0.15, 0.2) is 0 Å². The van der Waals surface area contributed by atoms with Gasteiger partial charge in [0.2, 0.25) is 0 Å². The van der Waals surface area contributed by atoms with Gasteiger partial charge < -0.3 is 19.7 Å². The lowest BCUT2D eigenvalue weighted by Gasteiger charge is -2.51. The molecule has 8 nitrogen and oxygen atoms in total. The molecular weight excluding hydrogens is 673 g/mol. The van der Waals surface area contributed by atoms with Crippen LogP contribution in [-0.2, 0) is 0 Å². The molecule has 2 N–H and O–H groups in total. The molecule has 8 heterocycles. The summed E-state index contributed by atoms with van der Waals surface area (Å²) in [6, 6.07) is 16.6. The minimum Gasteiger partial charge on any atom is -0.494 e. The van der Waals surface area contributed by atoms with Gasteiger partial charge in [0, 0.05) is 48.3 Å². The fourth-order valence-electron chi connectivity index (χ4n) is 10.6. The molecule has 54 heavy (non-hydrogen) atoms. The average Bonchev–Trinajstić information content (AvgIpc) is 3.23. The van der Waals surface area contributed by atoms with Crippen molar-refractivity contribution in [1.82, 2.24) is 19.8 Å². The van der Waals surface area contributed by atoms with Crippen LogP contribution >= 0.6 is 0 Å². The Labute approximate surface area is 322 Å². The van der Waals surface area contributed by atoms with Crippen LogP contribution in [0, 0.1) is 23.7 Å². The Hall–Kier alpha value is -3.30. The van der Waals surface area contributed by atoms with Crippen molar-refractivity contribution in [2.75, 3.05) is 39.4 Å². The lowest BCUT2D eigenvalue weighted by Crippen LogP contribution is -2.55. The van der Waals surface area contributed by atoms with Crippen LogP contribution in [0.25, 0.3) is 21.8 Å². The van der Waals surface area contributed by atoms with Crippen molar-refractivity contribution >= 4 is 21.8 Å². The Morgan fingerprint density at radius 3 is 1.48 bits per heavy atom. The van der Waals surface area contributed by atoms with E-state index in [2.05, 4.69) is 45.7 Å². The zero-order valence-electron chi connectivity index (χ0n) is 32.6.